The average Bonchev–Trinajstić information content (AvgIpc) is 3.37. The largest absolute Gasteiger partial charge is 0.388 e. The van der Waals surface area contributed by atoms with Crippen LogP contribution >= 0.6 is 0 Å². The third kappa shape index (κ3) is 3.17. The van der Waals surface area contributed by atoms with E-state index in [0.29, 0.717) is 13.0 Å². The van der Waals surface area contributed by atoms with Crippen molar-refractivity contribution in [2.75, 3.05) is 13.2 Å². The zero-order chi connectivity index (χ0) is 19.0. The maximum atomic E-state index is 13.0. The van der Waals surface area contributed by atoms with Gasteiger partial charge in [-0.15, -0.1) is 0 Å². The highest BCUT2D eigenvalue weighted by Crippen LogP contribution is 2.40. The maximum Gasteiger partial charge on any atom is 0.291 e. The lowest BCUT2D eigenvalue weighted by Gasteiger charge is -2.38. The molecule has 4 rings (SSSR count). The van der Waals surface area contributed by atoms with Crippen LogP contribution in [0.4, 0.5) is 0 Å². The molecule has 0 aliphatic carbocycles. The summed E-state index contributed by atoms with van der Waals surface area (Å²) >= 11 is 0. The standard InChI is InChI=1S/C19H23NO7/c21-14-11-27-19(17(14)23,26-10-12-5-2-1-3-6-12)20-16(22)9-13(18(20)24)15-7-4-8-25-15/h1-3,5-6,13-15,17,21,23H,4,7-11H2. The number of hydrogen-bond donors (Lipinski definition) is 2. The molecule has 2 amide bonds. The Morgan fingerprint density at radius 3 is 2.63 bits per heavy atom. The van der Waals surface area contributed by atoms with Crippen molar-refractivity contribution in [3.8, 4) is 0 Å². The molecule has 3 aliphatic heterocycles. The summed E-state index contributed by atoms with van der Waals surface area (Å²) in [5.74, 6) is -3.64. The van der Waals surface area contributed by atoms with Crippen molar-refractivity contribution in [3.05, 3.63) is 35.9 Å². The molecule has 3 saturated heterocycles. The van der Waals surface area contributed by atoms with Crippen molar-refractivity contribution in [3.63, 3.8) is 0 Å². The molecule has 0 spiro atoms. The van der Waals surface area contributed by atoms with E-state index in [1.807, 2.05) is 30.3 Å². The number of nitrogens with zero attached hydrogens (tertiary/aromatic N) is 1. The zero-order valence-corrected chi connectivity index (χ0v) is 14.8. The predicted octanol–water partition coefficient (Wildman–Crippen LogP) is 0.163. The van der Waals surface area contributed by atoms with Crippen LogP contribution in [0.1, 0.15) is 24.8 Å². The van der Waals surface area contributed by atoms with Gasteiger partial charge in [0.25, 0.3) is 5.91 Å². The van der Waals surface area contributed by atoms with Gasteiger partial charge in [-0.3, -0.25) is 9.59 Å². The molecule has 8 heteroatoms. The Balaban J connectivity index is 1.60. The van der Waals surface area contributed by atoms with Crippen molar-refractivity contribution < 1.29 is 34.0 Å². The molecule has 5 unspecified atom stereocenters. The van der Waals surface area contributed by atoms with Crippen LogP contribution in [-0.2, 0) is 30.4 Å². The number of aliphatic hydroxyl groups excluding tert-OH is 2. The summed E-state index contributed by atoms with van der Waals surface area (Å²) in [5.41, 5.74) is 0.781. The number of ether oxygens (including phenoxy) is 3. The zero-order valence-electron chi connectivity index (χ0n) is 14.8. The van der Waals surface area contributed by atoms with Crippen molar-refractivity contribution >= 4 is 11.8 Å². The third-order valence-corrected chi connectivity index (χ3v) is 5.39. The first-order valence-electron chi connectivity index (χ1n) is 9.19. The van der Waals surface area contributed by atoms with E-state index in [9.17, 15) is 19.8 Å². The lowest BCUT2D eigenvalue weighted by atomic mass is 9.98. The molecule has 3 fully saturated rings. The first-order chi connectivity index (χ1) is 13.0. The predicted molar refractivity (Wildman–Crippen MR) is 90.9 cm³/mol. The molecule has 8 nitrogen and oxygen atoms in total. The Bertz CT molecular complexity index is 705. The van der Waals surface area contributed by atoms with Gasteiger partial charge in [0.05, 0.1) is 25.2 Å². The van der Waals surface area contributed by atoms with Gasteiger partial charge in [0, 0.05) is 13.0 Å². The van der Waals surface area contributed by atoms with E-state index in [1.54, 1.807) is 0 Å². The number of benzene rings is 1. The molecule has 27 heavy (non-hydrogen) atoms. The Morgan fingerprint density at radius 1 is 1.22 bits per heavy atom. The lowest BCUT2D eigenvalue weighted by Crippen LogP contribution is -2.61. The molecule has 0 bridgehead atoms. The number of imide groups is 1. The highest BCUT2D eigenvalue weighted by molar-refractivity contribution is 6.04. The van der Waals surface area contributed by atoms with Crippen LogP contribution in [0.3, 0.4) is 0 Å². The van der Waals surface area contributed by atoms with Crippen LogP contribution in [0.2, 0.25) is 0 Å². The van der Waals surface area contributed by atoms with E-state index in [2.05, 4.69) is 0 Å². The van der Waals surface area contributed by atoms with Gasteiger partial charge < -0.3 is 24.4 Å². The fourth-order valence-electron chi connectivity index (χ4n) is 3.97. The fourth-order valence-corrected chi connectivity index (χ4v) is 3.97. The lowest BCUT2D eigenvalue weighted by molar-refractivity contribution is -0.313. The second kappa shape index (κ2) is 7.29. The number of amides is 2. The van der Waals surface area contributed by atoms with Gasteiger partial charge in [0.1, 0.15) is 6.10 Å². The van der Waals surface area contributed by atoms with Crippen LogP contribution in [0.5, 0.6) is 0 Å². The van der Waals surface area contributed by atoms with Crippen LogP contribution in [-0.4, -0.2) is 64.4 Å². The molecule has 2 N–H and O–H groups in total. The Kier molecular flexibility index (Phi) is 5.00. The molecule has 5 atom stereocenters. The van der Waals surface area contributed by atoms with Gasteiger partial charge in [0.2, 0.25) is 11.8 Å². The summed E-state index contributed by atoms with van der Waals surface area (Å²) in [6, 6.07) is 9.13. The van der Waals surface area contributed by atoms with Gasteiger partial charge in [-0.05, 0) is 18.4 Å². The molecular formula is C19H23NO7. The minimum atomic E-state index is -2.03. The van der Waals surface area contributed by atoms with Crippen molar-refractivity contribution in [1.82, 2.24) is 4.90 Å². The van der Waals surface area contributed by atoms with E-state index in [4.69, 9.17) is 14.2 Å². The fraction of sp³-hybridized carbons (Fsp3) is 0.579. The Morgan fingerprint density at radius 2 is 2.00 bits per heavy atom. The van der Waals surface area contributed by atoms with Crippen LogP contribution in [0, 0.1) is 5.92 Å². The summed E-state index contributed by atoms with van der Waals surface area (Å²) in [5, 5.41) is 20.6. The maximum absolute atomic E-state index is 13.0. The minimum Gasteiger partial charge on any atom is -0.388 e. The molecule has 1 aromatic carbocycles. The van der Waals surface area contributed by atoms with Crippen molar-refractivity contribution in [1.29, 1.82) is 0 Å². The van der Waals surface area contributed by atoms with Gasteiger partial charge in [-0.1, -0.05) is 30.3 Å². The van der Waals surface area contributed by atoms with Crippen LogP contribution in [0.25, 0.3) is 0 Å². The second-order valence-corrected chi connectivity index (χ2v) is 7.16. The molecular weight excluding hydrogens is 354 g/mol. The molecule has 0 aromatic heterocycles. The molecule has 3 heterocycles. The van der Waals surface area contributed by atoms with Crippen molar-refractivity contribution in [2.45, 2.75) is 50.1 Å². The molecule has 3 aliphatic rings. The number of carbonyl (C=O) groups excluding carboxylic acids is 2. The number of rotatable bonds is 5. The third-order valence-electron chi connectivity index (χ3n) is 5.39. The number of hydrogen-bond acceptors (Lipinski definition) is 7. The molecule has 1 aromatic rings. The van der Waals surface area contributed by atoms with Crippen LogP contribution in [0.15, 0.2) is 30.3 Å². The van der Waals surface area contributed by atoms with Gasteiger partial charge in [-0.2, -0.15) is 0 Å². The second-order valence-electron chi connectivity index (χ2n) is 7.16. The Hall–Kier alpha value is -1.84. The van der Waals surface area contributed by atoms with Gasteiger partial charge >= 0.3 is 0 Å². The number of likely N-dealkylation sites (tertiary alicyclic amines) is 1. The molecule has 0 radical (unpaired) electrons. The Labute approximate surface area is 156 Å². The normalized spacial score (nSPS) is 36.7. The number of aliphatic hydroxyl groups is 2. The summed E-state index contributed by atoms with van der Waals surface area (Å²) in [4.78, 5) is 26.6. The highest BCUT2D eigenvalue weighted by Gasteiger charge is 2.62. The van der Waals surface area contributed by atoms with Gasteiger partial charge in [-0.25, -0.2) is 4.90 Å². The average molecular weight is 377 g/mol. The topological polar surface area (TPSA) is 106 Å². The monoisotopic (exact) mass is 377 g/mol. The summed E-state index contributed by atoms with van der Waals surface area (Å²) in [6.07, 6.45) is -1.61. The highest BCUT2D eigenvalue weighted by atomic mass is 16.7. The summed E-state index contributed by atoms with van der Waals surface area (Å²) in [6.45, 7) is 0.333. The van der Waals surface area contributed by atoms with Crippen molar-refractivity contribution in [2.24, 2.45) is 5.92 Å². The van der Waals surface area contributed by atoms with E-state index >= 15 is 0 Å². The minimum absolute atomic E-state index is 0.00623. The van der Waals surface area contributed by atoms with Crippen LogP contribution < -0.4 is 0 Å². The van der Waals surface area contributed by atoms with E-state index in [-0.39, 0.29) is 25.7 Å². The van der Waals surface area contributed by atoms with Gasteiger partial charge in [0.15, 0.2) is 6.10 Å². The summed E-state index contributed by atoms with van der Waals surface area (Å²) < 4.78 is 16.9. The van der Waals surface area contributed by atoms with E-state index < -0.39 is 35.9 Å². The summed E-state index contributed by atoms with van der Waals surface area (Å²) in [7, 11) is 0. The first-order valence-corrected chi connectivity index (χ1v) is 9.19. The van der Waals surface area contributed by atoms with E-state index in [1.165, 1.54) is 0 Å². The smallest absolute Gasteiger partial charge is 0.291 e. The number of carbonyl (C=O) groups is 2. The van der Waals surface area contributed by atoms with E-state index in [0.717, 1.165) is 16.9 Å². The quantitative estimate of drug-likeness (QED) is 0.705. The molecule has 0 saturated carbocycles. The molecule has 146 valence electrons. The first kappa shape index (κ1) is 18.5. The SMILES string of the molecule is O=C1CC(C2CCCO2)C(=O)N1C1(OCc2ccccc2)OCC(O)C1O.